The van der Waals surface area contributed by atoms with E-state index in [4.69, 9.17) is 5.11 Å². The third-order valence-corrected chi connectivity index (χ3v) is 2.66. The highest BCUT2D eigenvalue weighted by Crippen LogP contribution is 2.17. The van der Waals surface area contributed by atoms with Gasteiger partial charge >= 0.3 is 6.03 Å². The number of hydrogen-bond acceptors (Lipinski definition) is 3. The number of thiol groups is 1. The van der Waals surface area contributed by atoms with E-state index in [1.54, 1.807) is 6.07 Å². The van der Waals surface area contributed by atoms with Gasteiger partial charge in [0.1, 0.15) is 0 Å². The average Bonchev–Trinajstić information content (AvgIpc) is 2.32. The second-order valence-electron chi connectivity index (χ2n) is 3.68. The van der Waals surface area contributed by atoms with Crippen LogP contribution in [-0.2, 0) is 0 Å². The van der Waals surface area contributed by atoms with Crippen molar-refractivity contribution in [1.82, 2.24) is 5.32 Å². The fraction of sp³-hybridized carbons (Fsp3) is 0.417. The molecule has 0 radical (unpaired) electrons. The molecule has 1 aromatic carbocycles. The molecule has 0 atom stereocenters. The Balaban J connectivity index is 2.23. The first-order valence-corrected chi connectivity index (χ1v) is 6.12. The van der Waals surface area contributed by atoms with Crippen molar-refractivity contribution in [3.8, 4) is 0 Å². The van der Waals surface area contributed by atoms with Crippen LogP contribution in [0.5, 0.6) is 0 Å². The number of para-hydroxylation sites is 1. The van der Waals surface area contributed by atoms with Gasteiger partial charge in [0.15, 0.2) is 0 Å². The van der Waals surface area contributed by atoms with Crippen molar-refractivity contribution in [2.45, 2.75) is 24.2 Å². The maximum absolute atomic E-state index is 11.5. The van der Waals surface area contributed by atoms with E-state index in [-0.39, 0.29) is 12.6 Å². The van der Waals surface area contributed by atoms with Crippen molar-refractivity contribution in [1.29, 1.82) is 0 Å². The molecule has 0 aliphatic rings. The Morgan fingerprint density at radius 2 is 2.00 bits per heavy atom. The molecule has 94 valence electrons. The van der Waals surface area contributed by atoms with E-state index in [0.717, 1.165) is 24.2 Å². The third-order valence-electron chi connectivity index (χ3n) is 2.27. The number of carbonyl (C=O) groups excluding carboxylic acids is 1. The van der Waals surface area contributed by atoms with Crippen LogP contribution in [0.25, 0.3) is 0 Å². The minimum atomic E-state index is -0.226. The summed E-state index contributed by atoms with van der Waals surface area (Å²) in [5.41, 5.74) is 0.698. The molecule has 3 N–H and O–H groups in total. The standard InChI is InChI=1S/C12H18N2O2S/c15-9-5-1-4-8-13-12(16)14-10-6-2-3-7-11(10)17/h2-3,6-7,15,17H,1,4-5,8-9H2,(H2,13,14,16). The van der Waals surface area contributed by atoms with Gasteiger partial charge < -0.3 is 15.7 Å². The summed E-state index contributed by atoms with van der Waals surface area (Å²) in [5.74, 6) is 0. The molecule has 4 nitrogen and oxygen atoms in total. The van der Waals surface area contributed by atoms with Crippen molar-refractivity contribution >= 4 is 24.3 Å². The van der Waals surface area contributed by atoms with Gasteiger partial charge in [0.05, 0.1) is 5.69 Å². The highest BCUT2D eigenvalue weighted by atomic mass is 32.1. The molecule has 2 amide bonds. The molecule has 0 spiro atoms. The van der Waals surface area contributed by atoms with E-state index in [9.17, 15) is 4.79 Å². The number of aliphatic hydroxyl groups is 1. The number of urea groups is 1. The van der Waals surface area contributed by atoms with E-state index >= 15 is 0 Å². The molecule has 0 bridgehead atoms. The quantitative estimate of drug-likeness (QED) is 0.465. The van der Waals surface area contributed by atoms with Crippen molar-refractivity contribution < 1.29 is 9.90 Å². The molecule has 0 fully saturated rings. The van der Waals surface area contributed by atoms with Crippen LogP contribution >= 0.6 is 12.6 Å². The smallest absolute Gasteiger partial charge is 0.319 e. The van der Waals surface area contributed by atoms with E-state index in [2.05, 4.69) is 23.3 Å². The van der Waals surface area contributed by atoms with Gasteiger partial charge in [-0.2, -0.15) is 0 Å². The third kappa shape index (κ3) is 5.60. The van der Waals surface area contributed by atoms with Crippen LogP contribution in [0, 0.1) is 0 Å². The van der Waals surface area contributed by atoms with Gasteiger partial charge in [-0.15, -0.1) is 12.6 Å². The first kappa shape index (κ1) is 13.9. The van der Waals surface area contributed by atoms with Crippen molar-refractivity contribution in [3.63, 3.8) is 0 Å². The first-order valence-electron chi connectivity index (χ1n) is 5.67. The topological polar surface area (TPSA) is 61.4 Å². The fourth-order valence-corrected chi connectivity index (χ4v) is 1.58. The van der Waals surface area contributed by atoms with E-state index < -0.39 is 0 Å². The average molecular weight is 254 g/mol. The molecular weight excluding hydrogens is 236 g/mol. The van der Waals surface area contributed by atoms with Crippen LogP contribution in [0.1, 0.15) is 19.3 Å². The summed E-state index contributed by atoms with van der Waals surface area (Å²) in [7, 11) is 0. The molecule has 1 aromatic rings. The molecule has 0 heterocycles. The van der Waals surface area contributed by atoms with E-state index in [1.165, 1.54) is 0 Å². The Kier molecular flexibility index (Phi) is 6.50. The summed E-state index contributed by atoms with van der Waals surface area (Å²) < 4.78 is 0. The molecule has 0 aromatic heterocycles. The number of nitrogens with one attached hydrogen (secondary N) is 2. The van der Waals surface area contributed by atoms with Crippen LogP contribution in [0.2, 0.25) is 0 Å². The second kappa shape index (κ2) is 7.97. The molecule has 0 aliphatic heterocycles. The van der Waals surface area contributed by atoms with Gasteiger partial charge in [-0.25, -0.2) is 4.79 Å². The number of amides is 2. The lowest BCUT2D eigenvalue weighted by molar-refractivity contribution is 0.251. The number of hydrogen-bond donors (Lipinski definition) is 4. The SMILES string of the molecule is O=C(NCCCCCO)Nc1ccccc1S. The number of carbonyl (C=O) groups is 1. The summed E-state index contributed by atoms with van der Waals surface area (Å²) in [6.07, 6.45) is 2.57. The predicted octanol–water partition coefficient (Wildman–Crippen LogP) is 2.26. The lowest BCUT2D eigenvalue weighted by atomic mass is 10.2. The first-order chi connectivity index (χ1) is 8.24. The Labute approximate surface area is 107 Å². The normalized spacial score (nSPS) is 10.0. The molecule has 0 unspecified atom stereocenters. The number of unbranched alkanes of at least 4 members (excludes halogenated alkanes) is 2. The Morgan fingerprint density at radius 1 is 1.24 bits per heavy atom. The lowest BCUT2D eigenvalue weighted by Gasteiger charge is -2.08. The molecule has 0 saturated heterocycles. The van der Waals surface area contributed by atoms with Crippen molar-refractivity contribution in [2.24, 2.45) is 0 Å². The fourth-order valence-electron chi connectivity index (χ4n) is 1.36. The van der Waals surface area contributed by atoms with Crippen LogP contribution in [0.15, 0.2) is 29.2 Å². The molecule has 0 aliphatic carbocycles. The molecule has 5 heteroatoms. The Morgan fingerprint density at radius 3 is 2.71 bits per heavy atom. The minimum absolute atomic E-state index is 0.208. The number of anilines is 1. The van der Waals surface area contributed by atoms with E-state index in [1.807, 2.05) is 18.2 Å². The monoisotopic (exact) mass is 254 g/mol. The summed E-state index contributed by atoms with van der Waals surface area (Å²) in [5, 5.41) is 14.1. The summed E-state index contributed by atoms with van der Waals surface area (Å²) in [6.45, 7) is 0.819. The summed E-state index contributed by atoms with van der Waals surface area (Å²) in [4.78, 5) is 12.2. The van der Waals surface area contributed by atoms with Crippen LogP contribution < -0.4 is 10.6 Å². The van der Waals surface area contributed by atoms with Crippen molar-refractivity contribution in [2.75, 3.05) is 18.5 Å². The maximum atomic E-state index is 11.5. The predicted molar refractivity (Wildman–Crippen MR) is 71.7 cm³/mol. The maximum Gasteiger partial charge on any atom is 0.319 e. The zero-order valence-electron chi connectivity index (χ0n) is 9.65. The molecule has 17 heavy (non-hydrogen) atoms. The Hall–Kier alpha value is -1.20. The van der Waals surface area contributed by atoms with Crippen LogP contribution in [0.4, 0.5) is 10.5 Å². The molecular formula is C12H18N2O2S. The van der Waals surface area contributed by atoms with Gasteiger partial charge in [-0.1, -0.05) is 12.1 Å². The van der Waals surface area contributed by atoms with Crippen molar-refractivity contribution in [3.05, 3.63) is 24.3 Å². The van der Waals surface area contributed by atoms with Gasteiger partial charge in [-0.05, 0) is 31.4 Å². The van der Waals surface area contributed by atoms with Crippen LogP contribution in [-0.4, -0.2) is 24.3 Å². The van der Waals surface area contributed by atoms with Gasteiger partial charge in [-0.3, -0.25) is 0 Å². The highest BCUT2D eigenvalue weighted by Gasteiger charge is 2.02. The molecule has 1 rings (SSSR count). The van der Waals surface area contributed by atoms with Crippen LogP contribution in [0.3, 0.4) is 0 Å². The number of aliphatic hydroxyl groups excluding tert-OH is 1. The minimum Gasteiger partial charge on any atom is -0.396 e. The zero-order chi connectivity index (χ0) is 12.5. The Bertz CT molecular complexity index is 358. The van der Waals surface area contributed by atoms with Gasteiger partial charge in [0.25, 0.3) is 0 Å². The lowest BCUT2D eigenvalue weighted by Crippen LogP contribution is -2.29. The number of benzene rings is 1. The van der Waals surface area contributed by atoms with Gasteiger partial charge in [0, 0.05) is 18.0 Å². The molecule has 0 saturated carbocycles. The van der Waals surface area contributed by atoms with Gasteiger partial charge in [0.2, 0.25) is 0 Å². The summed E-state index contributed by atoms with van der Waals surface area (Å²) in [6, 6.07) is 7.10. The zero-order valence-corrected chi connectivity index (χ0v) is 10.5. The van der Waals surface area contributed by atoms with E-state index in [0.29, 0.717) is 12.2 Å². The largest absolute Gasteiger partial charge is 0.396 e. The number of rotatable bonds is 6. The summed E-state index contributed by atoms with van der Waals surface area (Å²) >= 11 is 4.24. The second-order valence-corrected chi connectivity index (χ2v) is 4.16. The highest BCUT2D eigenvalue weighted by molar-refractivity contribution is 7.80.